The summed E-state index contributed by atoms with van der Waals surface area (Å²) < 4.78 is 14.6. The Morgan fingerprint density at radius 3 is 2.43 bits per heavy atom. The lowest BCUT2D eigenvalue weighted by molar-refractivity contribution is 0.394. The molecule has 154 valence electrons. The molecule has 0 saturated heterocycles. The van der Waals surface area contributed by atoms with E-state index in [4.69, 9.17) is 19.5 Å². The first-order valence-corrected chi connectivity index (χ1v) is 9.74. The second kappa shape index (κ2) is 8.36. The molecule has 0 unspecified atom stereocenters. The van der Waals surface area contributed by atoms with Crippen molar-refractivity contribution in [3.8, 4) is 22.8 Å². The van der Waals surface area contributed by atoms with Gasteiger partial charge in [0.25, 0.3) is 0 Å². The van der Waals surface area contributed by atoms with E-state index in [2.05, 4.69) is 21.6 Å². The number of hydrogen-bond donors (Lipinski definition) is 0. The summed E-state index contributed by atoms with van der Waals surface area (Å²) in [5, 5.41) is 4.24. The third-order valence-corrected chi connectivity index (χ3v) is 4.73. The number of fused-ring (bicyclic) bond motifs is 1. The Kier molecular flexibility index (Phi) is 5.47. The molecule has 0 amide bonds. The highest BCUT2D eigenvalue weighted by atomic mass is 16.5. The first kappa shape index (κ1) is 19.6. The monoisotopic (exact) mass is 404 g/mol. The summed E-state index contributed by atoms with van der Waals surface area (Å²) in [6.45, 7) is 2.89. The molecule has 8 heteroatoms. The summed E-state index contributed by atoms with van der Waals surface area (Å²) in [4.78, 5) is 14.3. The van der Waals surface area contributed by atoms with Crippen LogP contribution in [0.3, 0.4) is 0 Å². The predicted octanol–water partition coefficient (Wildman–Crippen LogP) is 3.49. The molecule has 3 aromatic heterocycles. The van der Waals surface area contributed by atoms with Crippen molar-refractivity contribution < 1.29 is 9.47 Å². The number of rotatable bonds is 6. The third kappa shape index (κ3) is 3.89. The molecule has 4 aromatic rings. The van der Waals surface area contributed by atoms with Gasteiger partial charge in [-0.15, -0.1) is 0 Å². The summed E-state index contributed by atoms with van der Waals surface area (Å²) in [6.07, 6.45) is 6.43. The average molecular weight is 404 g/mol. The lowest BCUT2D eigenvalue weighted by Crippen LogP contribution is -2.21. The van der Waals surface area contributed by atoms with Crippen molar-refractivity contribution in [3.05, 3.63) is 54.4 Å². The highest BCUT2D eigenvalue weighted by Crippen LogP contribution is 2.27. The number of nitrogens with zero attached hydrogens (tertiary/aromatic N) is 6. The fourth-order valence-electron chi connectivity index (χ4n) is 3.28. The molecule has 0 aliphatic rings. The van der Waals surface area contributed by atoms with Crippen LogP contribution < -0.4 is 15.0 Å². The van der Waals surface area contributed by atoms with Gasteiger partial charge in [0, 0.05) is 43.6 Å². The van der Waals surface area contributed by atoms with E-state index in [1.807, 2.05) is 43.6 Å². The highest BCUT2D eigenvalue weighted by molar-refractivity contribution is 5.73. The average Bonchev–Trinajstić information content (AvgIpc) is 3.21. The van der Waals surface area contributed by atoms with Gasteiger partial charge in [-0.1, -0.05) is 6.92 Å². The molecule has 4 rings (SSSR count). The SMILES string of the molecule is CCCn1/c(=N/c2cc(OC)cc(OC)c2)ccc2ncc(-c3cnn(C)c3)nc21. The summed E-state index contributed by atoms with van der Waals surface area (Å²) in [7, 11) is 5.14. The smallest absolute Gasteiger partial charge is 0.160 e. The maximum atomic E-state index is 5.37. The van der Waals surface area contributed by atoms with Gasteiger partial charge in [0.1, 0.15) is 22.5 Å². The topological polar surface area (TPSA) is 79.4 Å². The Morgan fingerprint density at radius 1 is 1.03 bits per heavy atom. The Morgan fingerprint density at radius 2 is 1.80 bits per heavy atom. The van der Waals surface area contributed by atoms with Crippen LogP contribution in [0.25, 0.3) is 22.4 Å². The molecular formula is C22H24N6O2. The van der Waals surface area contributed by atoms with Crippen LogP contribution in [0.1, 0.15) is 13.3 Å². The van der Waals surface area contributed by atoms with E-state index < -0.39 is 0 Å². The van der Waals surface area contributed by atoms with E-state index in [-0.39, 0.29) is 0 Å². The van der Waals surface area contributed by atoms with Crippen molar-refractivity contribution in [3.63, 3.8) is 0 Å². The second-order valence-electron chi connectivity index (χ2n) is 6.89. The number of methoxy groups -OCH3 is 2. The van der Waals surface area contributed by atoms with Gasteiger partial charge in [-0.25, -0.2) is 9.98 Å². The second-order valence-corrected chi connectivity index (χ2v) is 6.89. The fraction of sp³-hybridized carbons (Fsp3) is 0.273. The van der Waals surface area contributed by atoms with E-state index in [0.717, 1.165) is 46.6 Å². The lowest BCUT2D eigenvalue weighted by Gasteiger charge is -2.11. The number of pyridine rings is 1. The zero-order chi connectivity index (χ0) is 21.1. The zero-order valence-electron chi connectivity index (χ0n) is 17.5. The summed E-state index contributed by atoms with van der Waals surface area (Å²) in [5.74, 6) is 1.38. The molecular weight excluding hydrogens is 380 g/mol. The third-order valence-electron chi connectivity index (χ3n) is 4.73. The van der Waals surface area contributed by atoms with E-state index >= 15 is 0 Å². The first-order valence-electron chi connectivity index (χ1n) is 9.74. The highest BCUT2D eigenvalue weighted by Gasteiger charge is 2.09. The van der Waals surface area contributed by atoms with Crippen molar-refractivity contribution in [2.45, 2.75) is 19.9 Å². The lowest BCUT2D eigenvalue weighted by atomic mass is 10.2. The zero-order valence-corrected chi connectivity index (χ0v) is 17.5. The predicted molar refractivity (Wildman–Crippen MR) is 115 cm³/mol. The van der Waals surface area contributed by atoms with Crippen LogP contribution in [0.15, 0.2) is 53.9 Å². The minimum atomic E-state index is 0.689. The van der Waals surface area contributed by atoms with Crippen molar-refractivity contribution in [2.75, 3.05) is 14.2 Å². The Labute approximate surface area is 174 Å². The van der Waals surface area contributed by atoms with Gasteiger partial charge in [-0.3, -0.25) is 9.67 Å². The molecule has 8 nitrogen and oxygen atoms in total. The maximum absolute atomic E-state index is 5.37. The van der Waals surface area contributed by atoms with Crippen molar-refractivity contribution >= 4 is 16.9 Å². The molecule has 0 atom stereocenters. The van der Waals surface area contributed by atoms with E-state index in [0.29, 0.717) is 11.5 Å². The molecule has 3 heterocycles. The number of aromatic nitrogens is 5. The van der Waals surface area contributed by atoms with Gasteiger partial charge >= 0.3 is 0 Å². The minimum Gasteiger partial charge on any atom is -0.497 e. The van der Waals surface area contributed by atoms with Crippen LogP contribution >= 0.6 is 0 Å². The minimum absolute atomic E-state index is 0.689. The van der Waals surface area contributed by atoms with Crippen molar-refractivity contribution in [1.82, 2.24) is 24.3 Å². The van der Waals surface area contributed by atoms with E-state index in [9.17, 15) is 0 Å². The van der Waals surface area contributed by atoms with Gasteiger partial charge in [0.2, 0.25) is 0 Å². The number of ether oxygens (including phenoxy) is 2. The number of aryl methyl sites for hydroxylation is 2. The van der Waals surface area contributed by atoms with Crippen LogP contribution in [0.5, 0.6) is 11.5 Å². The largest absolute Gasteiger partial charge is 0.497 e. The summed E-state index contributed by atoms with van der Waals surface area (Å²) in [5.41, 5.74) is 4.84. The van der Waals surface area contributed by atoms with Crippen LogP contribution in [0.4, 0.5) is 5.69 Å². The van der Waals surface area contributed by atoms with Gasteiger partial charge in [-0.05, 0) is 18.6 Å². The Balaban J connectivity index is 1.91. The molecule has 0 spiro atoms. The molecule has 0 aliphatic heterocycles. The van der Waals surface area contributed by atoms with Gasteiger partial charge in [0.15, 0.2) is 5.65 Å². The summed E-state index contributed by atoms with van der Waals surface area (Å²) >= 11 is 0. The fourth-order valence-corrected chi connectivity index (χ4v) is 3.28. The van der Waals surface area contributed by atoms with Crippen LogP contribution in [0, 0.1) is 0 Å². The molecule has 0 bridgehead atoms. The van der Waals surface area contributed by atoms with E-state index in [1.54, 1.807) is 31.3 Å². The molecule has 0 saturated carbocycles. The van der Waals surface area contributed by atoms with Crippen LogP contribution in [-0.4, -0.2) is 38.5 Å². The summed E-state index contributed by atoms with van der Waals surface area (Å²) in [6, 6.07) is 9.48. The normalized spacial score (nSPS) is 11.8. The van der Waals surface area contributed by atoms with Crippen molar-refractivity contribution in [2.24, 2.45) is 12.0 Å². The molecule has 30 heavy (non-hydrogen) atoms. The Bertz CT molecular complexity index is 1240. The van der Waals surface area contributed by atoms with Crippen molar-refractivity contribution in [1.29, 1.82) is 0 Å². The van der Waals surface area contributed by atoms with Gasteiger partial charge in [0.05, 0.1) is 38.0 Å². The van der Waals surface area contributed by atoms with E-state index in [1.165, 1.54) is 0 Å². The number of hydrogen-bond acceptors (Lipinski definition) is 6. The molecule has 0 radical (unpaired) electrons. The molecule has 1 aromatic carbocycles. The van der Waals surface area contributed by atoms with Gasteiger partial charge in [-0.2, -0.15) is 5.10 Å². The standard InChI is InChI=1S/C22H24N6O2/c1-5-8-28-21(25-16-9-17(29-3)11-18(10-16)30-4)7-6-19-22(28)26-20(13-23-19)15-12-24-27(2)14-15/h6-7,9-14H,5,8H2,1-4H3/b25-21+. The maximum Gasteiger partial charge on any atom is 0.160 e. The first-order chi connectivity index (χ1) is 14.6. The van der Waals surface area contributed by atoms with Crippen LogP contribution in [0.2, 0.25) is 0 Å². The molecule has 0 fully saturated rings. The number of benzene rings is 1. The van der Waals surface area contributed by atoms with Crippen LogP contribution in [-0.2, 0) is 13.6 Å². The molecule has 0 N–H and O–H groups in total. The quantitative estimate of drug-likeness (QED) is 0.491. The molecule has 0 aliphatic carbocycles. The Hall–Kier alpha value is -3.68. The van der Waals surface area contributed by atoms with Gasteiger partial charge < -0.3 is 14.0 Å².